The van der Waals surface area contributed by atoms with Crippen LogP contribution in [0.4, 0.5) is 16.2 Å². The number of rotatable bonds is 10. The minimum absolute atomic E-state index is 0.130. The molecule has 0 radical (unpaired) electrons. The van der Waals surface area contributed by atoms with E-state index in [1.807, 2.05) is 56.3 Å². The van der Waals surface area contributed by atoms with Gasteiger partial charge >= 0.3 is 6.03 Å². The van der Waals surface area contributed by atoms with Crippen molar-refractivity contribution in [2.24, 2.45) is 5.92 Å². The Morgan fingerprint density at radius 2 is 1.82 bits per heavy atom. The Balaban J connectivity index is 1.81. The van der Waals surface area contributed by atoms with Crippen LogP contribution in [-0.4, -0.2) is 97.2 Å². The Bertz CT molecular complexity index is 1130. The first-order valence-electron chi connectivity index (χ1n) is 13.3. The number of benzene rings is 2. The average molecular weight is 540 g/mol. The molecule has 0 aromatic heterocycles. The fraction of sp³-hybridized carbons (Fsp3) is 0.483. The fourth-order valence-corrected chi connectivity index (χ4v) is 4.39. The minimum atomic E-state index is -0.428. The zero-order valence-corrected chi connectivity index (χ0v) is 23.5. The Labute approximate surface area is 230 Å². The largest absolute Gasteiger partial charge is 0.487 e. The molecule has 0 unspecified atom stereocenters. The maximum absolute atomic E-state index is 13.6. The molecule has 1 aliphatic heterocycles. The van der Waals surface area contributed by atoms with E-state index in [2.05, 4.69) is 10.6 Å². The van der Waals surface area contributed by atoms with Gasteiger partial charge < -0.3 is 35.2 Å². The second-order valence-corrected chi connectivity index (χ2v) is 10.5. The average Bonchev–Trinajstić information content (AvgIpc) is 2.90. The van der Waals surface area contributed by atoms with Crippen LogP contribution in [0.1, 0.15) is 37.0 Å². The van der Waals surface area contributed by atoms with E-state index >= 15 is 0 Å². The molecule has 0 aliphatic carbocycles. The van der Waals surface area contributed by atoms with Crippen LogP contribution in [0, 0.1) is 5.92 Å². The number of aliphatic hydroxyl groups excluding tert-OH is 1. The van der Waals surface area contributed by atoms with Crippen molar-refractivity contribution in [3.63, 3.8) is 0 Å². The van der Waals surface area contributed by atoms with Gasteiger partial charge in [0.15, 0.2) is 0 Å². The van der Waals surface area contributed by atoms with E-state index in [9.17, 15) is 19.5 Å². The Morgan fingerprint density at radius 1 is 1.10 bits per heavy atom. The molecule has 1 heterocycles. The zero-order chi connectivity index (χ0) is 28.5. The van der Waals surface area contributed by atoms with Gasteiger partial charge in [0.05, 0.1) is 24.8 Å². The number of aliphatic hydroxyl groups is 1. The summed E-state index contributed by atoms with van der Waals surface area (Å²) in [7, 11) is 5.61. The third kappa shape index (κ3) is 8.43. The lowest BCUT2D eigenvalue weighted by atomic mass is 9.99. The maximum atomic E-state index is 13.6. The lowest BCUT2D eigenvalue weighted by Gasteiger charge is -2.38. The Kier molecular flexibility index (Phi) is 10.7. The molecule has 1 aliphatic rings. The molecule has 212 valence electrons. The van der Waals surface area contributed by atoms with Crippen molar-refractivity contribution < 1.29 is 24.2 Å². The van der Waals surface area contributed by atoms with E-state index in [4.69, 9.17) is 4.74 Å². The first-order chi connectivity index (χ1) is 18.6. The molecule has 39 heavy (non-hydrogen) atoms. The lowest BCUT2D eigenvalue weighted by molar-refractivity contribution is -0.116. The summed E-state index contributed by atoms with van der Waals surface area (Å²) in [5.41, 5.74) is 1.49. The molecule has 4 amide bonds. The first-order valence-corrected chi connectivity index (χ1v) is 13.3. The highest BCUT2D eigenvalue weighted by atomic mass is 16.5. The van der Waals surface area contributed by atoms with Gasteiger partial charge in [-0.2, -0.15) is 0 Å². The summed E-state index contributed by atoms with van der Waals surface area (Å²) in [6.45, 7) is 4.97. The third-order valence-corrected chi connectivity index (χ3v) is 6.78. The normalized spacial score (nSPS) is 17.9. The number of amides is 4. The third-order valence-electron chi connectivity index (χ3n) is 6.78. The highest BCUT2D eigenvalue weighted by molar-refractivity contribution is 6.00. The van der Waals surface area contributed by atoms with E-state index < -0.39 is 12.1 Å². The summed E-state index contributed by atoms with van der Waals surface area (Å²) in [6.07, 6.45) is 0.659. The molecule has 0 saturated heterocycles. The molecule has 2 aromatic rings. The number of urea groups is 1. The monoisotopic (exact) mass is 539 g/mol. The number of hydrogen-bond acceptors (Lipinski definition) is 6. The molecule has 3 N–H and O–H groups in total. The maximum Gasteiger partial charge on any atom is 0.321 e. The standard InChI is InChI=1S/C29H41N5O5/c1-20-17-34(21(2)19-35)28(37)24-16-23(30-27(36)12-9-15-32(3)4)13-14-25(24)39-26(20)18-33(5)29(38)31-22-10-7-6-8-11-22/h6-8,10-11,13-14,16,20-21,26,35H,9,12,15,17-19H2,1-5H3,(H,30,36)(H,31,38)/t20-,21-,26+/m1/s1. The van der Waals surface area contributed by atoms with Gasteiger partial charge in [-0.3, -0.25) is 9.59 Å². The van der Waals surface area contributed by atoms with Crippen molar-refractivity contribution in [1.82, 2.24) is 14.7 Å². The SMILES string of the molecule is C[C@@H]1CN([C@H](C)CO)C(=O)c2cc(NC(=O)CCCN(C)C)ccc2O[C@H]1CN(C)C(=O)Nc1ccccc1. The molecule has 0 bridgehead atoms. The zero-order valence-electron chi connectivity index (χ0n) is 23.5. The highest BCUT2D eigenvalue weighted by Gasteiger charge is 2.34. The van der Waals surface area contributed by atoms with Gasteiger partial charge in [0.1, 0.15) is 11.9 Å². The van der Waals surface area contributed by atoms with Gasteiger partial charge in [-0.25, -0.2) is 4.79 Å². The quantitative estimate of drug-likeness (QED) is 0.427. The van der Waals surface area contributed by atoms with Crippen molar-refractivity contribution in [3.8, 4) is 5.75 Å². The van der Waals surface area contributed by atoms with Gasteiger partial charge in [0.2, 0.25) is 5.91 Å². The number of nitrogens with one attached hydrogen (secondary N) is 2. The van der Waals surface area contributed by atoms with E-state index in [1.54, 1.807) is 42.0 Å². The van der Waals surface area contributed by atoms with Crippen LogP contribution < -0.4 is 15.4 Å². The van der Waals surface area contributed by atoms with Gasteiger partial charge in [-0.15, -0.1) is 0 Å². The molecule has 10 heteroatoms. The molecule has 0 saturated carbocycles. The number of anilines is 2. The van der Waals surface area contributed by atoms with E-state index in [0.29, 0.717) is 35.7 Å². The van der Waals surface area contributed by atoms with Crippen molar-refractivity contribution >= 4 is 29.2 Å². The molecule has 2 aromatic carbocycles. The van der Waals surface area contributed by atoms with Crippen LogP contribution in [-0.2, 0) is 4.79 Å². The summed E-state index contributed by atoms with van der Waals surface area (Å²) in [5.74, 6) is -0.182. The number of carbonyl (C=O) groups excluding carboxylic acids is 3. The van der Waals surface area contributed by atoms with Crippen LogP contribution in [0.25, 0.3) is 0 Å². The topological polar surface area (TPSA) is 114 Å². The number of hydrogen-bond donors (Lipinski definition) is 3. The Hall–Kier alpha value is -3.63. The lowest BCUT2D eigenvalue weighted by Crippen LogP contribution is -2.50. The summed E-state index contributed by atoms with van der Waals surface area (Å²) in [5, 5.41) is 15.6. The van der Waals surface area contributed by atoms with Gasteiger partial charge in [-0.1, -0.05) is 25.1 Å². The predicted octanol–water partition coefficient (Wildman–Crippen LogP) is 3.35. The smallest absolute Gasteiger partial charge is 0.321 e. The molecule has 3 rings (SSSR count). The van der Waals surface area contributed by atoms with Crippen molar-refractivity contribution in [2.45, 2.75) is 38.8 Å². The van der Waals surface area contributed by atoms with Crippen LogP contribution in [0.15, 0.2) is 48.5 Å². The molecular formula is C29H41N5O5. The molecule has 0 fully saturated rings. The van der Waals surface area contributed by atoms with Crippen LogP contribution in [0.5, 0.6) is 5.75 Å². The van der Waals surface area contributed by atoms with Gasteiger partial charge in [-0.05, 0) is 64.3 Å². The fourth-order valence-electron chi connectivity index (χ4n) is 4.39. The molecule has 10 nitrogen and oxygen atoms in total. The number of likely N-dealkylation sites (N-methyl/N-ethyl adjacent to an activating group) is 1. The van der Waals surface area contributed by atoms with E-state index in [-0.39, 0.29) is 36.9 Å². The van der Waals surface area contributed by atoms with Gasteiger partial charge in [0, 0.05) is 37.3 Å². The number of nitrogens with zero attached hydrogens (tertiary/aromatic N) is 3. The summed E-state index contributed by atoms with van der Waals surface area (Å²) < 4.78 is 6.35. The number of carbonyl (C=O) groups is 3. The minimum Gasteiger partial charge on any atom is -0.487 e. The first kappa shape index (κ1) is 29.9. The molecule has 0 spiro atoms. The number of fused-ring (bicyclic) bond motifs is 1. The number of ether oxygens (including phenoxy) is 1. The van der Waals surface area contributed by atoms with Crippen molar-refractivity contribution in [3.05, 3.63) is 54.1 Å². The van der Waals surface area contributed by atoms with Crippen LogP contribution in [0.3, 0.4) is 0 Å². The van der Waals surface area contributed by atoms with Crippen LogP contribution in [0.2, 0.25) is 0 Å². The Morgan fingerprint density at radius 3 is 2.49 bits per heavy atom. The second kappa shape index (κ2) is 14.0. The van der Waals surface area contributed by atoms with E-state index in [1.165, 1.54) is 0 Å². The summed E-state index contributed by atoms with van der Waals surface area (Å²) >= 11 is 0. The van der Waals surface area contributed by atoms with Crippen molar-refractivity contribution in [1.29, 1.82) is 0 Å². The molecule has 3 atom stereocenters. The number of para-hydroxylation sites is 1. The predicted molar refractivity (Wildman–Crippen MR) is 152 cm³/mol. The van der Waals surface area contributed by atoms with E-state index in [0.717, 1.165) is 13.0 Å². The van der Waals surface area contributed by atoms with Crippen LogP contribution >= 0.6 is 0 Å². The molecular weight excluding hydrogens is 498 g/mol. The van der Waals surface area contributed by atoms with Gasteiger partial charge in [0.25, 0.3) is 5.91 Å². The highest BCUT2D eigenvalue weighted by Crippen LogP contribution is 2.31. The summed E-state index contributed by atoms with van der Waals surface area (Å²) in [6, 6.07) is 13.5. The second-order valence-electron chi connectivity index (χ2n) is 10.5. The van der Waals surface area contributed by atoms with Crippen molar-refractivity contribution in [2.75, 3.05) is 58.0 Å². The summed E-state index contributed by atoms with van der Waals surface area (Å²) in [4.78, 5) is 44.1.